The average molecular weight is 308 g/mol. The number of hydrogen-bond acceptors (Lipinski definition) is 2. The number of hydrazone groups is 1. The Bertz CT molecular complexity index is 621. The van der Waals surface area contributed by atoms with Gasteiger partial charge in [-0.05, 0) is 73.7 Å². The molecule has 5 saturated carbocycles. The lowest BCUT2D eigenvalue weighted by Gasteiger charge is -2.50. The Balaban J connectivity index is 1.24. The third-order valence-electron chi connectivity index (χ3n) is 6.62. The summed E-state index contributed by atoms with van der Waals surface area (Å²) < 4.78 is 0. The van der Waals surface area contributed by atoms with Gasteiger partial charge in [-0.3, -0.25) is 4.79 Å². The number of hydrogen-bond donors (Lipinski definition) is 1. The molecule has 3 nitrogen and oxygen atoms in total. The summed E-state index contributed by atoms with van der Waals surface area (Å²) >= 11 is 0. The molecule has 0 aliphatic heterocycles. The quantitative estimate of drug-likeness (QED) is 0.850. The molecule has 3 heteroatoms. The molecule has 0 radical (unpaired) electrons. The molecule has 4 bridgehead atoms. The van der Waals surface area contributed by atoms with E-state index < -0.39 is 0 Å². The van der Waals surface area contributed by atoms with Crippen molar-refractivity contribution >= 4 is 11.6 Å². The van der Waals surface area contributed by atoms with Gasteiger partial charge >= 0.3 is 0 Å². The summed E-state index contributed by atoms with van der Waals surface area (Å²) in [5.41, 5.74) is 5.53. The van der Waals surface area contributed by atoms with Crippen LogP contribution in [0.5, 0.6) is 0 Å². The van der Waals surface area contributed by atoms with Crippen molar-refractivity contribution in [3.63, 3.8) is 0 Å². The second-order valence-corrected chi connectivity index (χ2v) is 8.18. The van der Waals surface area contributed by atoms with E-state index >= 15 is 0 Å². The van der Waals surface area contributed by atoms with Crippen LogP contribution in [0, 0.1) is 29.6 Å². The Labute approximate surface area is 137 Å². The molecule has 1 N–H and O–H groups in total. The van der Waals surface area contributed by atoms with Crippen molar-refractivity contribution in [1.29, 1.82) is 0 Å². The van der Waals surface area contributed by atoms with Gasteiger partial charge in [-0.25, -0.2) is 5.43 Å². The van der Waals surface area contributed by atoms with Crippen LogP contribution in [0.15, 0.2) is 35.4 Å². The highest BCUT2D eigenvalue weighted by molar-refractivity contribution is 5.92. The van der Waals surface area contributed by atoms with E-state index in [1.807, 2.05) is 6.07 Å². The summed E-state index contributed by atoms with van der Waals surface area (Å²) in [7, 11) is 0. The molecule has 1 amide bonds. The third kappa shape index (κ3) is 2.41. The summed E-state index contributed by atoms with van der Waals surface area (Å²) in [6.45, 7) is 0. The zero-order valence-corrected chi connectivity index (χ0v) is 13.4. The van der Waals surface area contributed by atoms with Crippen LogP contribution in [0.3, 0.4) is 0 Å². The van der Waals surface area contributed by atoms with E-state index in [-0.39, 0.29) is 11.8 Å². The molecule has 1 aromatic rings. The standard InChI is InChI=1S/C20H24N2O/c23-20(18-11-17(18)14-4-2-1-3-5-14)22-21-19-15-7-12-6-13(9-15)10-16(19)8-12/h1-5,12-13,15-18H,6-11H2,(H,22,23)/t12?,13?,15?,16?,17-,18-/m0/s1. The molecular weight excluding hydrogens is 284 g/mol. The smallest absolute Gasteiger partial charge is 0.243 e. The minimum absolute atomic E-state index is 0.124. The van der Waals surface area contributed by atoms with Crippen LogP contribution in [0.2, 0.25) is 0 Å². The monoisotopic (exact) mass is 308 g/mol. The molecule has 5 aliphatic rings. The van der Waals surface area contributed by atoms with Gasteiger partial charge in [0.2, 0.25) is 5.91 Å². The number of nitrogens with zero attached hydrogens (tertiary/aromatic N) is 1. The number of benzene rings is 1. The fourth-order valence-electron chi connectivity index (χ4n) is 5.61. The van der Waals surface area contributed by atoms with Gasteiger partial charge in [0.05, 0.1) is 0 Å². The van der Waals surface area contributed by atoms with Crippen LogP contribution in [0.4, 0.5) is 0 Å². The minimum atomic E-state index is 0.124. The van der Waals surface area contributed by atoms with Gasteiger partial charge in [0.1, 0.15) is 0 Å². The fourth-order valence-corrected chi connectivity index (χ4v) is 5.61. The maximum Gasteiger partial charge on any atom is 0.243 e. The van der Waals surface area contributed by atoms with Gasteiger partial charge in [0.15, 0.2) is 0 Å². The van der Waals surface area contributed by atoms with E-state index in [1.165, 1.54) is 43.4 Å². The van der Waals surface area contributed by atoms with Crippen LogP contribution < -0.4 is 5.43 Å². The Morgan fingerprint density at radius 3 is 2.22 bits per heavy atom. The molecular formula is C20H24N2O. The van der Waals surface area contributed by atoms with Gasteiger partial charge in [-0.2, -0.15) is 5.10 Å². The van der Waals surface area contributed by atoms with Crippen molar-refractivity contribution in [2.24, 2.45) is 34.7 Å². The van der Waals surface area contributed by atoms with Gasteiger partial charge in [0, 0.05) is 11.6 Å². The Hall–Kier alpha value is -1.64. The zero-order chi connectivity index (χ0) is 15.4. The molecule has 0 unspecified atom stereocenters. The van der Waals surface area contributed by atoms with Crippen molar-refractivity contribution < 1.29 is 4.79 Å². The molecule has 6 rings (SSSR count). The summed E-state index contributed by atoms with van der Waals surface area (Å²) in [6.07, 6.45) is 7.69. The summed E-state index contributed by atoms with van der Waals surface area (Å²) in [6, 6.07) is 10.4. The van der Waals surface area contributed by atoms with Gasteiger partial charge in [-0.15, -0.1) is 0 Å². The predicted octanol–water partition coefficient (Wildman–Crippen LogP) is 3.72. The summed E-state index contributed by atoms with van der Waals surface area (Å²) in [4.78, 5) is 12.4. The lowest BCUT2D eigenvalue weighted by atomic mass is 9.55. The van der Waals surface area contributed by atoms with Crippen molar-refractivity contribution in [1.82, 2.24) is 5.43 Å². The number of carbonyl (C=O) groups is 1. The molecule has 5 aliphatic carbocycles. The molecule has 0 spiro atoms. The number of nitrogens with one attached hydrogen (secondary N) is 1. The molecule has 120 valence electrons. The first-order valence-corrected chi connectivity index (χ1v) is 9.20. The van der Waals surface area contributed by atoms with E-state index in [2.05, 4.69) is 34.8 Å². The van der Waals surface area contributed by atoms with Crippen LogP contribution in [0.1, 0.15) is 50.0 Å². The normalized spacial score (nSPS) is 40.1. The van der Waals surface area contributed by atoms with Crippen molar-refractivity contribution in [2.75, 3.05) is 0 Å². The van der Waals surface area contributed by atoms with Crippen molar-refractivity contribution in [3.05, 3.63) is 35.9 Å². The number of rotatable bonds is 3. The molecule has 2 atom stereocenters. The van der Waals surface area contributed by atoms with E-state index in [0.717, 1.165) is 18.3 Å². The second kappa shape index (κ2) is 5.19. The van der Waals surface area contributed by atoms with E-state index in [0.29, 0.717) is 17.8 Å². The van der Waals surface area contributed by atoms with Crippen LogP contribution in [0.25, 0.3) is 0 Å². The lowest BCUT2D eigenvalue weighted by Crippen LogP contribution is -2.46. The lowest BCUT2D eigenvalue weighted by molar-refractivity contribution is -0.122. The SMILES string of the molecule is O=C(NN=C1C2CC3CC(C2)CC1C3)[C@H]1C[C@H]1c1ccccc1. The largest absolute Gasteiger partial charge is 0.273 e. The van der Waals surface area contributed by atoms with Crippen LogP contribution in [-0.2, 0) is 4.79 Å². The van der Waals surface area contributed by atoms with Crippen LogP contribution in [-0.4, -0.2) is 11.6 Å². The van der Waals surface area contributed by atoms with E-state index in [9.17, 15) is 4.79 Å². The zero-order valence-electron chi connectivity index (χ0n) is 13.4. The predicted molar refractivity (Wildman–Crippen MR) is 89.9 cm³/mol. The summed E-state index contributed by atoms with van der Waals surface area (Å²) in [5.74, 6) is 3.86. The highest BCUT2D eigenvalue weighted by atomic mass is 16.2. The van der Waals surface area contributed by atoms with Gasteiger partial charge < -0.3 is 0 Å². The topological polar surface area (TPSA) is 41.5 Å². The first kappa shape index (κ1) is 13.8. The first-order valence-electron chi connectivity index (χ1n) is 9.20. The second-order valence-electron chi connectivity index (χ2n) is 8.18. The molecule has 23 heavy (non-hydrogen) atoms. The molecule has 1 aromatic carbocycles. The highest BCUT2D eigenvalue weighted by Crippen LogP contribution is 2.52. The summed E-state index contributed by atoms with van der Waals surface area (Å²) in [5, 5.41) is 4.63. The first-order chi connectivity index (χ1) is 11.3. The maximum absolute atomic E-state index is 12.4. The Morgan fingerprint density at radius 2 is 1.57 bits per heavy atom. The molecule has 0 aromatic heterocycles. The molecule has 0 heterocycles. The molecule has 0 saturated heterocycles. The van der Waals surface area contributed by atoms with Crippen molar-refractivity contribution in [2.45, 2.75) is 44.4 Å². The highest BCUT2D eigenvalue weighted by Gasteiger charge is 2.47. The number of carbonyl (C=O) groups excluding carboxylic acids is 1. The van der Waals surface area contributed by atoms with Crippen molar-refractivity contribution in [3.8, 4) is 0 Å². The average Bonchev–Trinajstić information content (AvgIpc) is 3.35. The number of amides is 1. The van der Waals surface area contributed by atoms with Gasteiger partial charge in [0.25, 0.3) is 0 Å². The van der Waals surface area contributed by atoms with E-state index in [1.54, 1.807) is 0 Å². The third-order valence-corrected chi connectivity index (χ3v) is 6.62. The minimum Gasteiger partial charge on any atom is -0.273 e. The van der Waals surface area contributed by atoms with E-state index in [4.69, 9.17) is 0 Å². The Morgan fingerprint density at radius 1 is 0.913 bits per heavy atom. The Kier molecular flexibility index (Phi) is 3.10. The molecule has 5 fully saturated rings. The van der Waals surface area contributed by atoms with Crippen LogP contribution >= 0.6 is 0 Å². The maximum atomic E-state index is 12.4. The van der Waals surface area contributed by atoms with Gasteiger partial charge in [-0.1, -0.05) is 30.3 Å². The fraction of sp³-hybridized carbons (Fsp3) is 0.600.